The van der Waals surface area contributed by atoms with Gasteiger partial charge in [-0.2, -0.15) is 0 Å². The molecule has 2 N–H and O–H groups in total. The van der Waals surface area contributed by atoms with Gasteiger partial charge in [0.15, 0.2) is 0 Å². The van der Waals surface area contributed by atoms with Crippen molar-refractivity contribution in [2.24, 2.45) is 0 Å². The molecule has 0 saturated carbocycles. The summed E-state index contributed by atoms with van der Waals surface area (Å²) in [6.07, 6.45) is 0. The lowest BCUT2D eigenvalue weighted by Gasteiger charge is -2.13. The number of carbonyl (C=O) groups is 1. The minimum atomic E-state index is -3.99. The molecule has 162 valence electrons. The smallest absolute Gasteiger partial charge is 0.251 e. The van der Waals surface area contributed by atoms with E-state index in [0.717, 1.165) is 0 Å². The molecule has 0 aromatic heterocycles. The van der Waals surface area contributed by atoms with E-state index >= 15 is 0 Å². The molecule has 0 radical (unpaired) electrons. The Morgan fingerprint density at radius 2 is 1.74 bits per heavy atom. The Labute approximate surface area is 185 Å². The number of sulfonamides is 1. The van der Waals surface area contributed by atoms with Gasteiger partial charge in [0.25, 0.3) is 5.91 Å². The number of benzene rings is 3. The van der Waals surface area contributed by atoms with Crippen LogP contribution < -0.4 is 14.8 Å². The first-order chi connectivity index (χ1) is 14.8. The second-order valence-corrected chi connectivity index (χ2v) is 8.76. The largest absolute Gasteiger partial charge is 0.495 e. The maximum Gasteiger partial charge on any atom is 0.251 e. The number of amides is 1. The molecule has 6 nitrogen and oxygen atoms in total. The van der Waals surface area contributed by atoms with Crippen molar-refractivity contribution in [3.63, 3.8) is 0 Å². The molecular formula is C22H20ClFN2O4S. The van der Waals surface area contributed by atoms with E-state index in [1.165, 1.54) is 31.4 Å². The van der Waals surface area contributed by atoms with Gasteiger partial charge in [0.2, 0.25) is 10.0 Å². The van der Waals surface area contributed by atoms with Crippen LogP contribution in [0.3, 0.4) is 0 Å². The van der Waals surface area contributed by atoms with Crippen molar-refractivity contribution >= 4 is 27.5 Å². The Hall–Kier alpha value is -2.94. The Kier molecular flexibility index (Phi) is 7.27. The fourth-order valence-corrected chi connectivity index (χ4v) is 4.14. The zero-order valence-electron chi connectivity index (χ0n) is 16.6. The van der Waals surface area contributed by atoms with E-state index in [0.29, 0.717) is 16.1 Å². The molecule has 0 aliphatic rings. The second-order valence-electron chi connectivity index (χ2n) is 6.59. The highest BCUT2D eigenvalue weighted by atomic mass is 35.5. The van der Waals surface area contributed by atoms with Gasteiger partial charge in [-0.05, 0) is 42.0 Å². The monoisotopic (exact) mass is 462 g/mol. The molecule has 9 heteroatoms. The molecule has 0 heterocycles. The van der Waals surface area contributed by atoms with E-state index in [1.807, 2.05) is 0 Å². The normalized spacial score (nSPS) is 11.2. The van der Waals surface area contributed by atoms with Crippen LogP contribution in [0.1, 0.15) is 21.5 Å². The van der Waals surface area contributed by atoms with Gasteiger partial charge in [-0.3, -0.25) is 4.79 Å². The summed E-state index contributed by atoms with van der Waals surface area (Å²) in [5.41, 5.74) is 1.14. The highest BCUT2D eigenvalue weighted by molar-refractivity contribution is 7.89. The van der Waals surface area contributed by atoms with Crippen LogP contribution in [-0.4, -0.2) is 21.4 Å². The van der Waals surface area contributed by atoms with Crippen LogP contribution >= 0.6 is 11.6 Å². The van der Waals surface area contributed by atoms with Gasteiger partial charge in [0, 0.05) is 29.2 Å². The molecule has 0 bridgehead atoms. The van der Waals surface area contributed by atoms with Crippen LogP contribution in [-0.2, 0) is 23.1 Å². The fraction of sp³-hybridized carbons (Fsp3) is 0.136. The zero-order valence-corrected chi connectivity index (χ0v) is 18.1. The summed E-state index contributed by atoms with van der Waals surface area (Å²) in [5, 5.41) is 3.13. The lowest BCUT2D eigenvalue weighted by molar-refractivity contribution is 0.0950. The lowest BCUT2D eigenvalue weighted by atomic mass is 10.2. The summed E-state index contributed by atoms with van der Waals surface area (Å²) < 4.78 is 47.1. The lowest BCUT2D eigenvalue weighted by Crippen LogP contribution is -2.26. The van der Waals surface area contributed by atoms with Crippen molar-refractivity contribution in [3.8, 4) is 5.75 Å². The molecule has 0 spiro atoms. The topological polar surface area (TPSA) is 84.5 Å². The van der Waals surface area contributed by atoms with Gasteiger partial charge < -0.3 is 10.1 Å². The van der Waals surface area contributed by atoms with E-state index in [1.54, 1.807) is 42.5 Å². The van der Waals surface area contributed by atoms with Crippen LogP contribution in [0.4, 0.5) is 4.39 Å². The summed E-state index contributed by atoms with van der Waals surface area (Å²) in [7, 11) is -2.65. The molecular weight excluding hydrogens is 443 g/mol. The first kappa shape index (κ1) is 22.7. The molecule has 31 heavy (non-hydrogen) atoms. The Morgan fingerprint density at radius 1 is 1.03 bits per heavy atom. The van der Waals surface area contributed by atoms with E-state index in [-0.39, 0.29) is 29.3 Å². The number of ether oxygens (including phenoxy) is 1. The molecule has 0 fully saturated rings. The summed E-state index contributed by atoms with van der Waals surface area (Å²) in [5.74, 6) is -0.887. The number of rotatable bonds is 8. The highest BCUT2D eigenvalue weighted by Crippen LogP contribution is 2.25. The number of methoxy groups -OCH3 is 1. The maximum atomic E-state index is 13.7. The van der Waals surface area contributed by atoms with E-state index in [9.17, 15) is 17.6 Å². The van der Waals surface area contributed by atoms with Crippen LogP contribution in [0.5, 0.6) is 5.75 Å². The van der Waals surface area contributed by atoms with Crippen molar-refractivity contribution in [1.82, 2.24) is 10.0 Å². The molecule has 0 aliphatic carbocycles. The molecule has 0 saturated heterocycles. The number of hydrogen-bond donors (Lipinski definition) is 2. The van der Waals surface area contributed by atoms with Gasteiger partial charge in [-0.25, -0.2) is 17.5 Å². The van der Waals surface area contributed by atoms with Crippen molar-refractivity contribution in [2.75, 3.05) is 7.11 Å². The third-order valence-electron chi connectivity index (χ3n) is 4.49. The standard InChI is InChI=1S/C22H20ClFN2O4S/c1-30-20-11-8-16(22(27)25-14-17-4-2-3-5-19(17)24)12-21(20)31(28,29)26-13-15-6-9-18(23)10-7-15/h2-12,26H,13-14H2,1H3,(H,25,27). The summed E-state index contributed by atoms with van der Waals surface area (Å²) in [6.45, 7) is 0.000794. The first-order valence-electron chi connectivity index (χ1n) is 9.24. The van der Waals surface area contributed by atoms with E-state index < -0.39 is 21.7 Å². The third kappa shape index (κ3) is 5.81. The SMILES string of the molecule is COc1ccc(C(=O)NCc2ccccc2F)cc1S(=O)(=O)NCc1ccc(Cl)cc1. The van der Waals surface area contributed by atoms with Crippen LogP contribution in [0.15, 0.2) is 71.6 Å². The Morgan fingerprint density at radius 3 is 2.42 bits per heavy atom. The minimum Gasteiger partial charge on any atom is -0.495 e. The van der Waals surface area contributed by atoms with Crippen molar-refractivity contribution in [2.45, 2.75) is 18.0 Å². The fourth-order valence-electron chi connectivity index (χ4n) is 2.81. The van der Waals surface area contributed by atoms with Crippen LogP contribution in [0.25, 0.3) is 0 Å². The minimum absolute atomic E-state index is 0.0333. The number of carbonyl (C=O) groups excluding carboxylic acids is 1. The van der Waals surface area contributed by atoms with Crippen molar-refractivity contribution < 1.29 is 22.3 Å². The van der Waals surface area contributed by atoms with E-state index in [2.05, 4.69) is 10.0 Å². The van der Waals surface area contributed by atoms with Crippen LogP contribution in [0.2, 0.25) is 5.02 Å². The summed E-state index contributed by atoms with van der Waals surface area (Å²) in [6, 6.07) is 16.9. The average Bonchev–Trinajstić information content (AvgIpc) is 2.77. The highest BCUT2D eigenvalue weighted by Gasteiger charge is 2.21. The Balaban J connectivity index is 1.78. The van der Waals surface area contributed by atoms with Gasteiger partial charge in [-0.1, -0.05) is 41.9 Å². The van der Waals surface area contributed by atoms with Gasteiger partial charge in [0.05, 0.1) is 7.11 Å². The molecule has 0 unspecified atom stereocenters. The van der Waals surface area contributed by atoms with Gasteiger partial charge >= 0.3 is 0 Å². The molecule has 1 amide bonds. The van der Waals surface area contributed by atoms with Crippen LogP contribution in [0, 0.1) is 5.82 Å². The maximum absolute atomic E-state index is 13.7. The van der Waals surface area contributed by atoms with Gasteiger partial charge in [0.1, 0.15) is 16.5 Å². The van der Waals surface area contributed by atoms with Gasteiger partial charge in [-0.15, -0.1) is 0 Å². The Bertz CT molecular complexity index is 1180. The predicted octanol–water partition coefficient (Wildman–Crippen LogP) is 3.90. The average molecular weight is 463 g/mol. The number of nitrogens with one attached hydrogen (secondary N) is 2. The van der Waals surface area contributed by atoms with Crippen molar-refractivity contribution in [1.29, 1.82) is 0 Å². The number of hydrogen-bond acceptors (Lipinski definition) is 4. The molecule has 3 aromatic carbocycles. The molecule has 0 aliphatic heterocycles. The molecule has 0 atom stereocenters. The summed E-state index contributed by atoms with van der Waals surface area (Å²) >= 11 is 5.84. The predicted molar refractivity (Wildman–Crippen MR) is 116 cm³/mol. The van der Waals surface area contributed by atoms with Crippen molar-refractivity contribution in [3.05, 3.63) is 94.3 Å². The molecule has 3 rings (SSSR count). The second kappa shape index (κ2) is 9.91. The quantitative estimate of drug-likeness (QED) is 0.531. The third-order valence-corrected chi connectivity index (χ3v) is 6.17. The number of halogens is 2. The zero-order chi connectivity index (χ0) is 22.4. The summed E-state index contributed by atoms with van der Waals surface area (Å²) in [4.78, 5) is 12.3. The first-order valence-corrected chi connectivity index (χ1v) is 11.1. The van der Waals surface area contributed by atoms with E-state index in [4.69, 9.17) is 16.3 Å². The molecule has 3 aromatic rings.